The number of hydrogen-bond donors (Lipinski definition) is 2. The van der Waals surface area contributed by atoms with Gasteiger partial charge in [-0.2, -0.15) is 4.98 Å². The van der Waals surface area contributed by atoms with Crippen LogP contribution in [0.1, 0.15) is 32.6 Å². The predicted molar refractivity (Wildman–Crippen MR) is 120 cm³/mol. The van der Waals surface area contributed by atoms with Crippen LogP contribution in [0.5, 0.6) is 0 Å². The molecule has 30 heavy (non-hydrogen) atoms. The highest BCUT2D eigenvalue weighted by Gasteiger charge is 2.16. The molecule has 0 radical (unpaired) electrons. The Labute approximate surface area is 177 Å². The molecule has 8 nitrogen and oxygen atoms in total. The summed E-state index contributed by atoms with van der Waals surface area (Å²) in [5.74, 6) is 0. The quantitative estimate of drug-likeness (QED) is 0.331. The molecule has 0 bridgehead atoms. The number of nitrogens with zero attached hydrogens (tertiary/aromatic N) is 4. The number of benzene rings is 1. The number of aryl methyl sites for hydroxylation is 2. The molecule has 0 fully saturated rings. The van der Waals surface area contributed by atoms with Gasteiger partial charge in [0.2, 0.25) is 5.28 Å². The summed E-state index contributed by atoms with van der Waals surface area (Å²) >= 11 is 5.99. The van der Waals surface area contributed by atoms with Gasteiger partial charge in [-0.15, -0.1) is 0 Å². The average Bonchev–Trinajstić information content (AvgIpc) is 3.28. The zero-order valence-electron chi connectivity index (χ0n) is 16.9. The van der Waals surface area contributed by atoms with Crippen LogP contribution in [0.25, 0.3) is 22.1 Å². The van der Waals surface area contributed by atoms with Crippen LogP contribution in [-0.4, -0.2) is 23.7 Å². The van der Waals surface area contributed by atoms with Crippen LogP contribution in [0.2, 0.25) is 5.28 Å². The van der Waals surface area contributed by atoms with Crippen LogP contribution >= 0.6 is 11.6 Å². The molecule has 0 saturated carbocycles. The molecular weight excluding hydrogens is 404 g/mol. The maximum absolute atomic E-state index is 13.1. The molecule has 1 aromatic carbocycles. The van der Waals surface area contributed by atoms with Crippen molar-refractivity contribution in [2.75, 3.05) is 5.73 Å². The smallest absolute Gasteiger partial charge is 0.332 e. The number of nitrogen functional groups attached to an aromatic ring is 1. The molecule has 0 aliphatic heterocycles. The van der Waals surface area contributed by atoms with Crippen LogP contribution in [0.3, 0.4) is 0 Å². The first kappa shape index (κ1) is 20.3. The number of halogens is 1. The molecule has 3 heterocycles. The Morgan fingerprint density at radius 1 is 1.07 bits per heavy atom. The molecule has 0 aliphatic rings. The molecule has 0 spiro atoms. The van der Waals surface area contributed by atoms with Crippen molar-refractivity contribution >= 4 is 39.4 Å². The van der Waals surface area contributed by atoms with Gasteiger partial charge in [-0.05, 0) is 30.5 Å². The number of aromatic amines is 1. The molecule has 9 heteroatoms. The minimum absolute atomic E-state index is 0.109. The summed E-state index contributed by atoms with van der Waals surface area (Å²) in [5, 5.41) is 1.11. The molecule has 0 aliphatic carbocycles. The van der Waals surface area contributed by atoms with E-state index in [-0.39, 0.29) is 16.5 Å². The highest BCUT2D eigenvalue weighted by molar-refractivity contribution is 6.28. The van der Waals surface area contributed by atoms with Crippen molar-refractivity contribution in [2.24, 2.45) is 0 Å². The number of H-pyrrole nitrogens is 1. The number of nitrogens with two attached hydrogens (primary N) is 1. The van der Waals surface area contributed by atoms with E-state index in [1.54, 1.807) is 4.57 Å². The van der Waals surface area contributed by atoms with Gasteiger partial charge in [-0.3, -0.25) is 13.9 Å². The van der Waals surface area contributed by atoms with Gasteiger partial charge in [-0.25, -0.2) is 4.79 Å². The first-order valence-corrected chi connectivity index (χ1v) is 10.6. The van der Waals surface area contributed by atoms with Gasteiger partial charge in [0.05, 0.1) is 11.2 Å². The number of rotatable bonds is 8. The number of hydrogen-bond acceptors (Lipinski definition) is 4. The molecule has 4 aromatic rings. The third kappa shape index (κ3) is 3.63. The van der Waals surface area contributed by atoms with Crippen LogP contribution < -0.4 is 17.0 Å². The van der Waals surface area contributed by atoms with Crippen LogP contribution in [0, 0.1) is 0 Å². The van der Waals surface area contributed by atoms with Crippen LogP contribution in [0.4, 0.5) is 5.69 Å². The van der Waals surface area contributed by atoms with Gasteiger partial charge >= 0.3 is 5.69 Å². The number of nitrogens with one attached hydrogen (secondary N) is 1. The molecule has 3 N–H and O–H groups in total. The summed E-state index contributed by atoms with van der Waals surface area (Å²) in [6.45, 7) is 3.54. The standard InChI is InChI=1S/C21H25ClN6O2/c1-2-3-6-11-27-18-17(24-20(22)25-18)19(29)28(21(27)30)12-7-10-26-13-15(23)14-8-4-5-9-16(14)26/h4-5,8-9,13H,2-3,6-7,10-12,23H2,1H3,(H,24,25). The van der Waals surface area contributed by atoms with Crippen molar-refractivity contribution in [1.82, 2.24) is 23.7 Å². The van der Waals surface area contributed by atoms with Crippen molar-refractivity contribution in [2.45, 2.75) is 52.2 Å². The Morgan fingerprint density at radius 3 is 2.63 bits per heavy atom. The molecule has 0 saturated heterocycles. The van der Waals surface area contributed by atoms with E-state index in [2.05, 4.69) is 21.5 Å². The Hall–Kier alpha value is -3.00. The highest BCUT2D eigenvalue weighted by Crippen LogP contribution is 2.23. The summed E-state index contributed by atoms with van der Waals surface area (Å²) in [6.07, 6.45) is 5.37. The molecule has 0 amide bonds. The summed E-state index contributed by atoms with van der Waals surface area (Å²) in [7, 11) is 0. The summed E-state index contributed by atoms with van der Waals surface area (Å²) in [4.78, 5) is 32.9. The van der Waals surface area contributed by atoms with E-state index < -0.39 is 5.56 Å². The van der Waals surface area contributed by atoms with Crippen molar-refractivity contribution < 1.29 is 0 Å². The van der Waals surface area contributed by atoms with E-state index in [0.29, 0.717) is 31.7 Å². The van der Waals surface area contributed by atoms with Gasteiger partial charge in [0.1, 0.15) is 0 Å². The maximum atomic E-state index is 13.1. The molecule has 0 unspecified atom stereocenters. The SMILES string of the molecule is CCCCCn1c(=O)n(CCCn2cc(N)c3ccccc32)c(=O)c2[nH]c(Cl)nc21. The topological polar surface area (TPSA) is 104 Å². The third-order valence-corrected chi connectivity index (χ3v) is 5.60. The summed E-state index contributed by atoms with van der Waals surface area (Å²) < 4.78 is 4.89. The van der Waals surface area contributed by atoms with E-state index in [4.69, 9.17) is 17.3 Å². The van der Waals surface area contributed by atoms with Crippen LogP contribution in [-0.2, 0) is 19.6 Å². The second-order valence-electron chi connectivity index (χ2n) is 7.47. The zero-order chi connectivity index (χ0) is 21.3. The molecule has 0 atom stereocenters. The van der Waals surface area contributed by atoms with Gasteiger partial charge in [-0.1, -0.05) is 38.0 Å². The van der Waals surface area contributed by atoms with E-state index >= 15 is 0 Å². The number of imidazole rings is 1. The monoisotopic (exact) mass is 428 g/mol. The van der Waals surface area contributed by atoms with Crippen LogP contribution in [0.15, 0.2) is 40.1 Å². The second-order valence-corrected chi connectivity index (χ2v) is 7.83. The van der Waals surface area contributed by atoms with Crippen molar-refractivity contribution in [3.05, 3.63) is 56.6 Å². The molecular formula is C21H25ClN6O2. The Kier molecular flexibility index (Phi) is 5.67. The fraction of sp³-hybridized carbons (Fsp3) is 0.381. The Morgan fingerprint density at radius 2 is 1.83 bits per heavy atom. The number of aromatic nitrogens is 5. The van der Waals surface area contributed by atoms with E-state index in [9.17, 15) is 9.59 Å². The summed E-state index contributed by atoms with van der Waals surface area (Å²) in [6, 6.07) is 7.91. The number of anilines is 1. The molecule has 3 aromatic heterocycles. The molecule has 158 valence electrons. The first-order valence-electron chi connectivity index (χ1n) is 10.2. The fourth-order valence-electron chi connectivity index (χ4n) is 3.92. The largest absolute Gasteiger partial charge is 0.397 e. The molecule has 4 rings (SSSR count). The normalized spacial score (nSPS) is 11.7. The number of para-hydroxylation sites is 1. The van der Waals surface area contributed by atoms with Crippen molar-refractivity contribution in [1.29, 1.82) is 0 Å². The minimum atomic E-state index is -0.391. The van der Waals surface area contributed by atoms with Gasteiger partial charge < -0.3 is 15.3 Å². The highest BCUT2D eigenvalue weighted by atomic mass is 35.5. The number of unbranched alkanes of at least 4 members (excludes halogenated alkanes) is 2. The number of fused-ring (bicyclic) bond motifs is 2. The van der Waals surface area contributed by atoms with Crippen molar-refractivity contribution in [3.8, 4) is 0 Å². The Balaban J connectivity index is 1.63. The lowest BCUT2D eigenvalue weighted by molar-refractivity contribution is 0.506. The second kappa shape index (κ2) is 8.39. The van der Waals surface area contributed by atoms with Gasteiger partial charge in [0, 0.05) is 31.2 Å². The lowest BCUT2D eigenvalue weighted by Gasteiger charge is -2.11. The zero-order valence-corrected chi connectivity index (χ0v) is 17.7. The van der Waals surface area contributed by atoms with E-state index in [1.165, 1.54) is 4.57 Å². The Bertz CT molecular complexity index is 1310. The fourth-order valence-corrected chi connectivity index (χ4v) is 4.09. The van der Waals surface area contributed by atoms with E-state index in [0.717, 1.165) is 35.9 Å². The summed E-state index contributed by atoms with van der Waals surface area (Å²) in [5.41, 5.74) is 7.71. The maximum Gasteiger partial charge on any atom is 0.332 e. The third-order valence-electron chi connectivity index (χ3n) is 5.42. The van der Waals surface area contributed by atoms with Gasteiger partial charge in [0.15, 0.2) is 11.2 Å². The van der Waals surface area contributed by atoms with E-state index in [1.807, 2.05) is 30.5 Å². The van der Waals surface area contributed by atoms with Gasteiger partial charge in [0.25, 0.3) is 5.56 Å². The first-order chi connectivity index (χ1) is 14.5. The lowest BCUT2D eigenvalue weighted by atomic mass is 10.2. The predicted octanol–water partition coefficient (Wildman–Crippen LogP) is 3.36. The minimum Gasteiger partial charge on any atom is -0.397 e. The van der Waals surface area contributed by atoms with Crippen molar-refractivity contribution in [3.63, 3.8) is 0 Å². The average molecular weight is 429 g/mol. The lowest BCUT2D eigenvalue weighted by Crippen LogP contribution is -2.40.